The van der Waals surface area contributed by atoms with Crippen molar-refractivity contribution in [2.45, 2.75) is 0 Å². The molecular formula is C16H10BrF2NO2. The molecule has 0 aromatic heterocycles. The van der Waals surface area contributed by atoms with Gasteiger partial charge in [-0.15, -0.1) is 0 Å². The summed E-state index contributed by atoms with van der Waals surface area (Å²) in [6.07, 6.45) is 1.66. The summed E-state index contributed by atoms with van der Waals surface area (Å²) in [7, 11) is 0. The number of fused-ring (bicyclic) bond motifs is 1. The smallest absolute Gasteiger partial charge is 0.255 e. The van der Waals surface area contributed by atoms with Crippen LogP contribution in [0.1, 0.15) is 5.56 Å². The normalized spacial score (nSPS) is 13.0. The summed E-state index contributed by atoms with van der Waals surface area (Å²) < 4.78 is 33.0. The quantitative estimate of drug-likeness (QED) is 0.868. The third-order valence-corrected chi connectivity index (χ3v) is 3.65. The van der Waals surface area contributed by atoms with Gasteiger partial charge in [-0.3, -0.25) is 4.79 Å². The molecule has 3 nitrogen and oxygen atoms in total. The van der Waals surface area contributed by atoms with Gasteiger partial charge in [-0.25, -0.2) is 8.78 Å². The Bertz CT molecular complexity index is 790. The largest absolute Gasteiger partial charge is 0.488 e. The number of nitrogens with one attached hydrogen (secondary N) is 1. The maximum atomic E-state index is 13.6. The molecule has 1 aliphatic rings. The molecule has 2 aromatic rings. The molecule has 2 aromatic carbocycles. The van der Waals surface area contributed by atoms with Crippen LogP contribution in [0.2, 0.25) is 0 Å². The number of rotatable bonds is 2. The molecule has 0 saturated heterocycles. The molecule has 0 aliphatic carbocycles. The van der Waals surface area contributed by atoms with Crippen molar-refractivity contribution < 1.29 is 18.3 Å². The lowest BCUT2D eigenvalue weighted by Crippen LogP contribution is -2.21. The van der Waals surface area contributed by atoms with Crippen LogP contribution in [0.4, 0.5) is 14.5 Å². The Morgan fingerprint density at radius 2 is 2.00 bits per heavy atom. The molecule has 3 rings (SSSR count). The lowest BCUT2D eigenvalue weighted by molar-refractivity contribution is -0.113. The predicted molar refractivity (Wildman–Crippen MR) is 82.6 cm³/mol. The molecule has 0 spiro atoms. The van der Waals surface area contributed by atoms with Crippen LogP contribution in [-0.4, -0.2) is 12.5 Å². The standard InChI is InChI=1S/C16H10BrF2NO2/c17-11-1-4-15-9(6-11)5-10(8-22-15)16(21)20-14-7-12(18)2-3-13(14)19/h1-7H,8H2,(H,20,21). The van der Waals surface area contributed by atoms with Crippen molar-refractivity contribution in [3.8, 4) is 5.75 Å². The summed E-state index contributed by atoms with van der Waals surface area (Å²) in [6, 6.07) is 8.31. The molecule has 0 unspecified atom stereocenters. The first-order valence-electron chi connectivity index (χ1n) is 6.42. The van der Waals surface area contributed by atoms with Crippen LogP contribution in [0, 0.1) is 11.6 Å². The van der Waals surface area contributed by atoms with Crippen LogP contribution >= 0.6 is 15.9 Å². The van der Waals surface area contributed by atoms with E-state index in [0.717, 1.165) is 28.2 Å². The fraction of sp³-hybridized carbons (Fsp3) is 0.0625. The van der Waals surface area contributed by atoms with Gasteiger partial charge < -0.3 is 10.1 Å². The average molecular weight is 366 g/mol. The number of amides is 1. The number of hydrogen-bond donors (Lipinski definition) is 1. The second-order valence-electron chi connectivity index (χ2n) is 4.72. The maximum absolute atomic E-state index is 13.6. The zero-order chi connectivity index (χ0) is 15.7. The molecule has 1 heterocycles. The highest BCUT2D eigenvalue weighted by molar-refractivity contribution is 9.10. The Labute approximate surface area is 133 Å². The molecule has 0 radical (unpaired) electrons. The molecular weight excluding hydrogens is 356 g/mol. The van der Waals surface area contributed by atoms with Gasteiger partial charge >= 0.3 is 0 Å². The number of halogens is 3. The Balaban J connectivity index is 1.85. The lowest BCUT2D eigenvalue weighted by atomic mass is 10.1. The molecule has 0 saturated carbocycles. The number of carbonyl (C=O) groups is 1. The molecule has 6 heteroatoms. The van der Waals surface area contributed by atoms with Gasteiger partial charge in [-0.05, 0) is 36.4 Å². The average Bonchev–Trinajstić information content (AvgIpc) is 2.50. The van der Waals surface area contributed by atoms with Gasteiger partial charge in [-0.1, -0.05) is 15.9 Å². The molecule has 112 valence electrons. The van der Waals surface area contributed by atoms with Crippen molar-refractivity contribution in [2.75, 3.05) is 11.9 Å². The summed E-state index contributed by atoms with van der Waals surface area (Å²) in [5.41, 5.74) is 0.866. The number of anilines is 1. The molecule has 0 bridgehead atoms. The Morgan fingerprint density at radius 3 is 2.82 bits per heavy atom. The van der Waals surface area contributed by atoms with Crippen LogP contribution in [0.3, 0.4) is 0 Å². The van der Waals surface area contributed by atoms with Crippen LogP contribution in [0.15, 0.2) is 46.4 Å². The van der Waals surface area contributed by atoms with E-state index in [-0.39, 0.29) is 12.3 Å². The number of hydrogen-bond acceptors (Lipinski definition) is 2. The van der Waals surface area contributed by atoms with E-state index in [9.17, 15) is 13.6 Å². The highest BCUT2D eigenvalue weighted by atomic mass is 79.9. The van der Waals surface area contributed by atoms with Crippen molar-refractivity contribution in [1.29, 1.82) is 0 Å². The second kappa shape index (κ2) is 5.88. The number of benzene rings is 2. The Morgan fingerprint density at radius 1 is 1.18 bits per heavy atom. The first-order chi connectivity index (χ1) is 10.5. The van der Waals surface area contributed by atoms with E-state index in [1.165, 1.54) is 0 Å². The van der Waals surface area contributed by atoms with Gasteiger partial charge in [0.25, 0.3) is 5.91 Å². The van der Waals surface area contributed by atoms with Crippen molar-refractivity contribution in [2.24, 2.45) is 0 Å². The van der Waals surface area contributed by atoms with E-state index in [0.29, 0.717) is 11.3 Å². The fourth-order valence-corrected chi connectivity index (χ4v) is 2.45. The molecule has 0 fully saturated rings. The Hall–Kier alpha value is -2.21. The van der Waals surface area contributed by atoms with Crippen molar-refractivity contribution >= 4 is 33.6 Å². The van der Waals surface area contributed by atoms with Gasteiger partial charge in [0, 0.05) is 16.1 Å². The van der Waals surface area contributed by atoms with E-state index in [1.807, 2.05) is 12.1 Å². The monoisotopic (exact) mass is 365 g/mol. The summed E-state index contributed by atoms with van der Waals surface area (Å²) in [4.78, 5) is 12.2. The topological polar surface area (TPSA) is 38.3 Å². The van der Waals surface area contributed by atoms with Crippen LogP contribution in [-0.2, 0) is 4.79 Å². The van der Waals surface area contributed by atoms with E-state index in [4.69, 9.17) is 4.74 Å². The molecule has 1 aliphatic heterocycles. The second-order valence-corrected chi connectivity index (χ2v) is 5.63. The number of ether oxygens (including phenoxy) is 1. The zero-order valence-electron chi connectivity index (χ0n) is 11.2. The summed E-state index contributed by atoms with van der Waals surface area (Å²) in [5.74, 6) is -1.19. The molecule has 22 heavy (non-hydrogen) atoms. The first kappa shape index (κ1) is 14.7. The summed E-state index contributed by atoms with van der Waals surface area (Å²) in [5, 5.41) is 2.35. The third kappa shape index (κ3) is 3.01. The molecule has 0 atom stereocenters. The van der Waals surface area contributed by atoms with Crippen LogP contribution in [0.5, 0.6) is 5.75 Å². The maximum Gasteiger partial charge on any atom is 0.255 e. The lowest BCUT2D eigenvalue weighted by Gasteiger charge is -2.18. The minimum atomic E-state index is -0.699. The van der Waals surface area contributed by atoms with Crippen LogP contribution < -0.4 is 10.1 Å². The highest BCUT2D eigenvalue weighted by Crippen LogP contribution is 2.29. The summed E-state index contributed by atoms with van der Waals surface area (Å²) >= 11 is 3.34. The van der Waals surface area contributed by atoms with E-state index < -0.39 is 17.5 Å². The first-order valence-corrected chi connectivity index (χ1v) is 7.21. The van der Waals surface area contributed by atoms with Crippen molar-refractivity contribution in [3.63, 3.8) is 0 Å². The highest BCUT2D eigenvalue weighted by Gasteiger charge is 2.18. The SMILES string of the molecule is O=C(Nc1cc(F)ccc1F)C1=Cc2cc(Br)ccc2OC1. The fourth-order valence-electron chi connectivity index (χ4n) is 2.08. The van der Waals surface area contributed by atoms with E-state index in [2.05, 4.69) is 21.2 Å². The molecule has 1 amide bonds. The molecule has 1 N–H and O–H groups in total. The van der Waals surface area contributed by atoms with E-state index in [1.54, 1.807) is 12.1 Å². The van der Waals surface area contributed by atoms with Gasteiger partial charge in [0.1, 0.15) is 24.0 Å². The van der Waals surface area contributed by atoms with Crippen molar-refractivity contribution in [1.82, 2.24) is 0 Å². The third-order valence-electron chi connectivity index (χ3n) is 3.15. The van der Waals surface area contributed by atoms with Crippen molar-refractivity contribution in [3.05, 3.63) is 63.6 Å². The van der Waals surface area contributed by atoms with Gasteiger partial charge in [0.2, 0.25) is 0 Å². The minimum absolute atomic E-state index is 0.0669. The minimum Gasteiger partial charge on any atom is -0.488 e. The number of carbonyl (C=O) groups excluding carboxylic acids is 1. The van der Waals surface area contributed by atoms with Gasteiger partial charge in [0.15, 0.2) is 0 Å². The van der Waals surface area contributed by atoms with Gasteiger partial charge in [0.05, 0.1) is 11.3 Å². The Kier molecular flexibility index (Phi) is 3.94. The predicted octanol–water partition coefficient (Wildman–Crippen LogP) is 4.14. The summed E-state index contributed by atoms with van der Waals surface area (Å²) in [6.45, 7) is 0.0669. The van der Waals surface area contributed by atoms with Gasteiger partial charge in [-0.2, -0.15) is 0 Å². The zero-order valence-corrected chi connectivity index (χ0v) is 12.8. The van der Waals surface area contributed by atoms with Crippen LogP contribution in [0.25, 0.3) is 6.08 Å². The van der Waals surface area contributed by atoms with E-state index >= 15 is 0 Å².